The molecule has 0 fully saturated rings. The number of hydrogen-bond acceptors (Lipinski definition) is 9. The number of carbonyl (C=O) groups is 5. The standard InChI is InChI=1S/C18H29N7O8/c1-7(26)13(20)16(30)25-14(8(2)27)17(31)23-10(3-9-5-21-6-22-9)15(29)24-11(18(32)33)4-12(19)28/h5-8,10-11,13-14,26-27H,3-4,20H2,1-2H3,(H2,19,28)(H,21,22)(H,23,31)(H,24,29)(H,25,30)(H,32,33). The maximum absolute atomic E-state index is 12.8. The van der Waals surface area contributed by atoms with Gasteiger partial charge in [-0.25, -0.2) is 9.78 Å². The Bertz CT molecular complexity index is 843. The number of hydrogen-bond donors (Lipinski definition) is 9. The number of nitrogens with two attached hydrogens (primary N) is 2. The number of nitrogens with one attached hydrogen (secondary N) is 4. The van der Waals surface area contributed by atoms with E-state index in [-0.39, 0.29) is 6.42 Å². The highest BCUT2D eigenvalue weighted by atomic mass is 16.4. The monoisotopic (exact) mass is 471 g/mol. The molecule has 1 heterocycles. The molecule has 184 valence electrons. The summed E-state index contributed by atoms with van der Waals surface area (Å²) in [7, 11) is 0. The fourth-order valence-corrected chi connectivity index (χ4v) is 2.63. The van der Waals surface area contributed by atoms with E-state index >= 15 is 0 Å². The zero-order chi connectivity index (χ0) is 25.3. The molecular formula is C18H29N7O8. The van der Waals surface area contributed by atoms with Crippen LogP contribution in [0.15, 0.2) is 12.5 Å². The Labute approximate surface area is 188 Å². The third-order valence-corrected chi connectivity index (χ3v) is 4.52. The molecule has 0 aliphatic rings. The second-order valence-electron chi connectivity index (χ2n) is 7.41. The van der Waals surface area contributed by atoms with Crippen molar-refractivity contribution in [1.29, 1.82) is 0 Å². The fraction of sp³-hybridized carbons (Fsp3) is 0.556. The van der Waals surface area contributed by atoms with Gasteiger partial charge in [0.2, 0.25) is 23.6 Å². The van der Waals surface area contributed by atoms with Crippen LogP contribution in [0.5, 0.6) is 0 Å². The molecule has 0 spiro atoms. The van der Waals surface area contributed by atoms with Gasteiger partial charge in [-0.15, -0.1) is 0 Å². The van der Waals surface area contributed by atoms with E-state index in [0.29, 0.717) is 5.69 Å². The van der Waals surface area contributed by atoms with Crippen LogP contribution in [-0.4, -0.2) is 91.3 Å². The number of aliphatic carboxylic acids is 1. The first-order valence-electron chi connectivity index (χ1n) is 9.84. The number of nitrogens with zero attached hydrogens (tertiary/aromatic N) is 1. The molecule has 6 atom stereocenters. The van der Waals surface area contributed by atoms with Crippen molar-refractivity contribution in [2.45, 2.75) is 63.1 Å². The molecule has 11 N–H and O–H groups in total. The van der Waals surface area contributed by atoms with Gasteiger partial charge in [-0.1, -0.05) is 0 Å². The molecule has 0 bridgehead atoms. The van der Waals surface area contributed by atoms with E-state index in [9.17, 15) is 39.3 Å². The van der Waals surface area contributed by atoms with Crippen LogP contribution in [0.4, 0.5) is 0 Å². The number of H-pyrrole nitrogens is 1. The number of aliphatic hydroxyl groups is 2. The molecule has 0 radical (unpaired) electrons. The van der Waals surface area contributed by atoms with Gasteiger partial charge in [0.25, 0.3) is 0 Å². The normalized spacial score (nSPS) is 16.4. The van der Waals surface area contributed by atoms with Crippen LogP contribution in [0.25, 0.3) is 0 Å². The van der Waals surface area contributed by atoms with Crippen molar-refractivity contribution in [2.24, 2.45) is 11.5 Å². The highest BCUT2D eigenvalue weighted by molar-refractivity contribution is 5.95. The summed E-state index contributed by atoms with van der Waals surface area (Å²) in [6.07, 6.45) is -0.841. The van der Waals surface area contributed by atoms with Crippen molar-refractivity contribution in [3.8, 4) is 0 Å². The second kappa shape index (κ2) is 12.5. The molecule has 0 aliphatic heterocycles. The molecule has 4 amide bonds. The number of amides is 4. The van der Waals surface area contributed by atoms with Gasteiger partial charge in [0.1, 0.15) is 24.2 Å². The summed E-state index contributed by atoms with van der Waals surface area (Å²) in [5.74, 6) is -5.37. The lowest BCUT2D eigenvalue weighted by Gasteiger charge is -2.26. The fourth-order valence-electron chi connectivity index (χ4n) is 2.63. The number of rotatable bonds is 13. The first kappa shape index (κ1) is 27.5. The number of aliphatic hydroxyl groups excluding tert-OH is 2. The van der Waals surface area contributed by atoms with Crippen molar-refractivity contribution in [1.82, 2.24) is 25.9 Å². The lowest BCUT2D eigenvalue weighted by molar-refractivity contribution is -0.144. The summed E-state index contributed by atoms with van der Waals surface area (Å²) >= 11 is 0. The Morgan fingerprint density at radius 3 is 2.06 bits per heavy atom. The quantitative estimate of drug-likeness (QED) is 0.133. The molecule has 6 unspecified atom stereocenters. The minimum Gasteiger partial charge on any atom is -0.480 e. The smallest absolute Gasteiger partial charge is 0.326 e. The molecule has 0 saturated carbocycles. The molecule has 0 aliphatic carbocycles. The number of carbonyl (C=O) groups excluding carboxylic acids is 4. The number of primary amides is 1. The molecule has 1 aromatic rings. The van der Waals surface area contributed by atoms with E-state index in [1.165, 1.54) is 26.4 Å². The summed E-state index contributed by atoms with van der Waals surface area (Å²) < 4.78 is 0. The largest absolute Gasteiger partial charge is 0.480 e. The van der Waals surface area contributed by atoms with Crippen LogP contribution in [0.3, 0.4) is 0 Å². The van der Waals surface area contributed by atoms with E-state index in [0.717, 1.165) is 0 Å². The summed E-state index contributed by atoms with van der Waals surface area (Å²) in [6, 6.07) is -5.97. The Hall–Kier alpha value is -3.56. The molecule has 0 aromatic carbocycles. The van der Waals surface area contributed by atoms with E-state index in [1.54, 1.807) is 0 Å². The van der Waals surface area contributed by atoms with Crippen LogP contribution in [-0.2, 0) is 30.4 Å². The van der Waals surface area contributed by atoms with Gasteiger partial charge in [0.05, 0.1) is 25.0 Å². The van der Waals surface area contributed by atoms with Crippen LogP contribution in [0.1, 0.15) is 26.0 Å². The van der Waals surface area contributed by atoms with Crippen LogP contribution < -0.4 is 27.4 Å². The number of aromatic nitrogens is 2. The van der Waals surface area contributed by atoms with E-state index < -0.39 is 72.4 Å². The average Bonchev–Trinajstić information content (AvgIpc) is 3.22. The number of carboxylic acid groups (broad SMARTS) is 1. The number of carboxylic acids is 1. The van der Waals surface area contributed by atoms with Crippen molar-refractivity contribution >= 4 is 29.6 Å². The first-order chi connectivity index (χ1) is 15.3. The minimum absolute atomic E-state index is 0.172. The van der Waals surface area contributed by atoms with Gasteiger partial charge in [-0.2, -0.15) is 0 Å². The molecular weight excluding hydrogens is 442 g/mol. The summed E-state index contributed by atoms with van der Waals surface area (Å²) in [6.45, 7) is 2.47. The highest BCUT2D eigenvalue weighted by Gasteiger charge is 2.33. The minimum atomic E-state index is -1.65. The highest BCUT2D eigenvalue weighted by Crippen LogP contribution is 2.04. The van der Waals surface area contributed by atoms with Gasteiger partial charge in [-0.3, -0.25) is 19.2 Å². The Balaban J connectivity index is 3.06. The van der Waals surface area contributed by atoms with Gasteiger partial charge in [-0.05, 0) is 13.8 Å². The molecule has 0 saturated heterocycles. The Morgan fingerprint density at radius 2 is 1.61 bits per heavy atom. The van der Waals surface area contributed by atoms with E-state index in [4.69, 9.17) is 11.5 Å². The third-order valence-electron chi connectivity index (χ3n) is 4.52. The average molecular weight is 471 g/mol. The predicted molar refractivity (Wildman–Crippen MR) is 111 cm³/mol. The Kier molecular flexibility index (Phi) is 10.4. The number of imidazole rings is 1. The zero-order valence-electron chi connectivity index (χ0n) is 18.0. The first-order valence-corrected chi connectivity index (χ1v) is 9.84. The predicted octanol–water partition coefficient (Wildman–Crippen LogP) is -4.54. The lowest BCUT2D eigenvalue weighted by Crippen LogP contribution is -2.61. The molecule has 1 rings (SSSR count). The van der Waals surface area contributed by atoms with Crippen molar-refractivity contribution in [3.05, 3.63) is 18.2 Å². The summed E-state index contributed by atoms with van der Waals surface area (Å²) in [5.41, 5.74) is 10.9. The SMILES string of the molecule is CC(O)C(N)C(=O)NC(C(=O)NC(Cc1cnc[nH]1)C(=O)NC(CC(N)=O)C(=O)O)C(C)O. The molecule has 33 heavy (non-hydrogen) atoms. The molecule has 15 heteroatoms. The van der Waals surface area contributed by atoms with E-state index in [1.807, 2.05) is 0 Å². The van der Waals surface area contributed by atoms with Crippen LogP contribution in [0, 0.1) is 0 Å². The third kappa shape index (κ3) is 8.83. The van der Waals surface area contributed by atoms with Gasteiger partial charge in [0, 0.05) is 18.3 Å². The maximum atomic E-state index is 12.8. The molecule has 15 nitrogen and oxygen atoms in total. The summed E-state index contributed by atoms with van der Waals surface area (Å²) in [4.78, 5) is 66.6. The van der Waals surface area contributed by atoms with Crippen LogP contribution >= 0.6 is 0 Å². The van der Waals surface area contributed by atoms with Gasteiger partial charge < -0.3 is 47.7 Å². The van der Waals surface area contributed by atoms with Crippen molar-refractivity contribution < 1.29 is 39.3 Å². The lowest BCUT2D eigenvalue weighted by atomic mass is 10.1. The van der Waals surface area contributed by atoms with Crippen LogP contribution in [0.2, 0.25) is 0 Å². The van der Waals surface area contributed by atoms with Gasteiger partial charge in [0.15, 0.2) is 0 Å². The second-order valence-corrected chi connectivity index (χ2v) is 7.41. The topological polar surface area (TPSA) is 263 Å². The van der Waals surface area contributed by atoms with E-state index in [2.05, 4.69) is 25.9 Å². The van der Waals surface area contributed by atoms with Gasteiger partial charge >= 0.3 is 5.97 Å². The number of aromatic amines is 1. The summed E-state index contributed by atoms with van der Waals surface area (Å²) in [5, 5.41) is 35.2. The van der Waals surface area contributed by atoms with Crippen molar-refractivity contribution in [2.75, 3.05) is 0 Å². The zero-order valence-corrected chi connectivity index (χ0v) is 18.0. The molecule has 1 aromatic heterocycles. The maximum Gasteiger partial charge on any atom is 0.326 e. The Morgan fingerprint density at radius 1 is 1.00 bits per heavy atom. The van der Waals surface area contributed by atoms with Crippen molar-refractivity contribution in [3.63, 3.8) is 0 Å².